The summed E-state index contributed by atoms with van der Waals surface area (Å²) in [6.07, 6.45) is -0.833. The number of hydrogen-bond acceptors (Lipinski definition) is 8. The van der Waals surface area contributed by atoms with E-state index in [-0.39, 0.29) is 51.4 Å². The van der Waals surface area contributed by atoms with E-state index >= 15 is 0 Å². The zero-order valence-electron chi connectivity index (χ0n) is 21.5. The van der Waals surface area contributed by atoms with Gasteiger partial charge in [0.05, 0.1) is 11.5 Å². The molecule has 2 aromatic carbocycles. The van der Waals surface area contributed by atoms with Gasteiger partial charge in [-0.2, -0.15) is 4.31 Å². The molecule has 2 N–H and O–H groups in total. The first-order chi connectivity index (χ1) is 17.1. The molecule has 1 aliphatic heterocycles. The molecule has 3 rings (SSSR count). The van der Waals surface area contributed by atoms with Gasteiger partial charge in [0.2, 0.25) is 10.0 Å². The van der Waals surface area contributed by atoms with Crippen molar-refractivity contribution in [2.45, 2.75) is 10.9 Å². The molecule has 16 heteroatoms. The molecule has 0 spiro atoms. The van der Waals surface area contributed by atoms with Gasteiger partial charge in [-0.15, -0.1) is 0 Å². The molecule has 1 heterocycles. The number of piperazine rings is 1. The molecule has 1 unspecified atom stereocenters. The fraction of sp³-hybridized carbons (Fsp3) is 0.333. The predicted octanol–water partition coefficient (Wildman–Crippen LogP) is 2.22. The molecular weight excluding hydrogens is 552 g/mol. The van der Waals surface area contributed by atoms with Gasteiger partial charge < -0.3 is 22.0 Å². The van der Waals surface area contributed by atoms with Crippen LogP contribution in [0.25, 0.3) is 0 Å². The molecule has 2 amide bonds. The van der Waals surface area contributed by atoms with E-state index in [1.54, 1.807) is 0 Å². The smallest absolute Gasteiger partial charge is 1.00 e. The summed E-state index contributed by atoms with van der Waals surface area (Å²) in [5.74, 6) is -4.57. The SMILES string of the molecule is COCCOC(=O)N1CCN(S(=O)(=O)c2cc(F)c(Oc3ccc(Cl)cc3)c(F)c2)C(C(=O)NO)C1.[H-].[H-].[Mg+2]. The van der Waals surface area contributed by atoms with Crippen molar-refractivity contribution < 1.29 is 49.1 Å². The molecule has 37 heavy (non-hydrogen) atoms. The van der Waals surface area contributed by atoms with Gasteiger partial charge in [-0.05, 0) is 36.4 Å². The molecule has 1 aliphatic rings. The number of amides is 2. The Morgan fingerprint density at radius 2 is 1.78 bits per heavy atom. The van der Waals surface area contributed by atoms with Crippen LogP contribution in [0.4, 0.5) is 13.6 Å². The Labute approximate surface area is 235 Å². The Morgan fingerprint density at radius 3 is 2.35 bits per heavy atom. The Balaban J connectivity index is 0.00000481. The zero-order chi connectivity index (χ0) is 26.5. The Kier molecular flexibility index (Phi) is 11.3. The third-order valence-corrected chi connectivity index (χ3v) is 7.27. The number of methoxy groups -OCH3 is 1. The number of carbonyl (C=O) groups excluding carboxylic acids is 2. The van der Waals surface area contributed by atoms with E-state index in [0.717, 1.165) is 4.90 Å². The maximum atomic E-state index is 14.7. The number of nitrogens with zero attached hydrogens (tertiary/aromatic N) is 2. The molecule has 2 aromatic rings. The first kappa shape index (κ1) is 30.9. The van der Waals surface area contributed by atoms with E-state index in [2.05, 4.69) is 0 Å². The van der Waals surface area contributed by atoms with Crippen molar-refractivity contribution in [3.63, 3.8) is 0 Å². The quantitative estimate of drug-likeness (QED) is 0.212. The molecule has 1 fully saturated rings. The van der Waals surface area contributed by atoms with Gasteiger partial charge in [-0.1, -0.05) is 11.6 Å². The standard InChI is InChI=1S/C21H22ClF2N3O8S.Mg.2H/c1-33-8-9-34-21(29)26-6-7-27(18(12-26)20(28)25-30)36(31,32)15-10-16(23)19(17(24)11-15)35-14-4-2-13(22)3-5-14;;;/h2-5,10-11,18,30H,6-9,12H2,1H3,(H,25,28);;;/q;+2;2*-1. The van der Waals surface area contributed by atoms with Crippen LogP contribution in [0.1, 0.15) is 2.85 Å². The van der Waals surface area contributed by atoms with Crippen LogP contribution in [-0.4, -0.2) is 104 Å². The van der Waals surface area contributed by atoms with E-state index in [9.17, 15) is 26.8 Å². The van der Waals surface area contributed by atoms with E-state index < -0.39 is 63.4 Å². The maximum absolute atomic E-state index is 14.7. The molecule has 11 nitrogen and oxygen atoms in total. The van der Waals surface area contributed by atoms with Gasteiger partial charge in [0, 0.05) is 31.8 Å². The second kappa shape index (κ2) is 13.5. The van der Waals surface area contributed by atoms with Crippen LogP contribution >= 0.6 is 11.6 Å². The van der Waals surface area contributed by atoms with Gasteiger partial charge in [-0.25, -0.2) is 27.5 Å². The van der Waals surface area contributed by atoms with Crippen LogP contribution in [0.2, 0.25) is 5.02 Å². The summed E-state index contributed by atoms with van der Waals surface area (Å²) in [5, 5.41) is 9.47. The number of sulfonamides is 1. The van der Waals surface area contributed by atoms with Gasteiger partial charge in [0.25, 0.3) is 5.91 Å². The molecule has 0 aliphatic carbocycles. The van der Waals surface area contributed by atoms with E-state index in [4.69, 9.17) is 31.0 Å². The first-order valence-electron chi connectivity index (χ1n) is 10.4. The number of hydrogen-bond donors (Lipinski definition) is 2. The summed E-state index contributed by atoms with van der Waals surface area (Å²) in [5.41, 5.74) is 1.34. The van der Waals surface area contributed by atoms with Crippen LogP contribution in [-0.2, 0) is 24.3 Å². The van der Waals surface area contributed by atoms with E-state index in [1.165, 1.54) is 36.9 Å². The fourth-order valence-corrected chi connectivity index (χ4v) is 5.07. The third-order valence-electron chi connectivity index (χ3n) is 5.13. The van der Waals surface area contributed by atoms with Crippen LogP contribution in [0, 0.1) is 11.6 Å². The fourth-order valence-electron chi connectivity index (χ4n) is 3.35. The minimum Gasteiger partial charge on any atom is -1.00 e. The molecule has 1 atom stereocenters. The van der Waals surface area contributed by atoms with Gasteiger partial charge in [-0.3, -0.25) is 10.0 Å². The summed E-state index contributed by atoms with van der Waals surface area (Å²) in [6, 6.07) is 5.08. The average Bonchev–Trinajstić information content (AvgIpc) is 2.86. The van der Waals surface area contributed by atoms with Crippen molar-refractivity contribution in [1.82, 2.24) is 14.7 Å². The molecular formula is C21H24ClF2MgN3O8S. The second-order valence-corrected chi connectivity index (χ2v) is 9.76. The number of halogens is 3. The summed E-state index contributed by atoms with van der Waals surface area (Å²) in [6.45, 7) is -1.06. The van der Waals surface area contributed by atoms with Gasteiger partial charge in [0.1, 0.15) is 18.4 Å². The number of rotatable bonds is 8. The Bertz CT molecular complexity index is 1210. The Morgan fingerprint density at radius 1 is 1.16 bits per heavy atom. The summed E-state index contributed by atoms with van der Waals surface area (Å²) in [7, 11) is -3.26. The van der Waals surface area contributed by atoms with Crippen LogP contribution in [0.3, 0.4) is 0 Å². The summed E-state index contributed by atoms with van der Waals surface area (Å²) < 4.78 is 71.5. The molecule has 0 bridgehead atoms. The molecule has 0 saturated carbocycles. The van der Waals surface area contributed by atoms with Crippen molar-refractivity contribution in [3.05, 3.63) is 53.1 Å². The predicted molar refractivity (Wildman–Crippen MR) is 128 cm³/mol. The number of nitrogens with one attached hydrogen (secondary N) is 1. The molecule has 0 radical (unpaired) electrons. The van der Waals surface area contributed by atoms with Gasteiger partial charge >= 0.3 is 29.1 Å². The van der Waals surface area contributed by atoms with E-state index in [1.807, 2.05) is 0 Å². The van der Waals surface area contributed by atoms with Crippen molar-refractivity contribution >= 4 is 56.7 Å². The van der Waals surface area contributed by atoms with Crippen LogP contribution < -0.4 is 10.2 Å². The van der Waals surface area contributed by atoms with Crippen molar-refractivity contribution in [2.24, 2.45) is 0 Å². The first-order valence-corrected chi connectivity index (χ1v) is 12.2. The number of carbonyl (C=O) groups is 2. The maximum Gasteiger partial charge on any atom is 2.00 e. The average molecular weight is 576 g/mol. The molecule has 0 aromatic heterocycles. The van der Waals surface area contributed by atoms with E-state index in [0.29, 0.717) is 21.5 Å². The third kappa shape index (κ3) is 7.40. The summed E-state index contributed by atoms with van der Waals surface area (Å²) in [4.78, 5) is 24.7. The number of hydroxylamine groups is 1. The van der Waals surface area contributed by atoms with Crippen LogP contribution in [0.5, 0.6) is 11.5 Å². The number of ether oxygens (including phenoxy) is 3. The number of benzene rings is 2. The monoisotopic (exact) mass is 575 g/mol. The zero-order valence-corrected chi connectivity index (χ0v) is 22.5. The largest absolute Gasteiger partial charge is 2.00 e. The van der Waals surface area contributed by atoms with Crippen molar-refractivity contribution in [1.29, 1.82) is 0 Å². The van der Waals surface area contributed by atoms with Crippen LogP contribution in [0.15, 0.2) is 41.3 Å². The normalized spacial score (nSPS) is 16.0. The molecule has 200 valence electrons. The van der Waals surface area contributed by atoms with Crippen molar-refractivity contribution in [2.75, 3.05) is 40.0 Å². The second-order valence-electron chi connectivity index (χ2n) is 7.43. The minimum atomic E-state index is -4.67. The Hall–Kier alpha value is -2.27. The summed E-state index contributed by atoms with van der Waals surface area (Å²) >= 11 is 5.77. The van der Waals surface area contributed by atoms with Gasteiger partial charge in [0.15, 0.2) is 17.4 Å². The topological polar surface area (TPSA) is 135 Å². The molecule has 1 saturated heterocycles. The van der Waals surface area contributed by atoms with Crippen molar-refractivity contribution in [3.8, 4) is 11.5 Å². The minimum absolute atomic E-state index is 0.